The number of hydrogen-bond donors (Lipinski definition) is 1. The highest BCUT2D eigenvalue weighted by Gasteiger charge is 2.24. The third-order valence-corrected chi connectivity index (χ3v) is 6.22. The van der Waals surface area contributed by atoms with Crippen LogP contribution < -0.4 is 9.64 Å². The van der Waals surface area contributed by atoms with E-state index in [2.05, 4.69) is 32.0 Å². The molecule has 5 rings (SSSR count). The first kappa shape index (κ1) is 20.9. The molecule has 0 saturated carbocycles. The van der Waals surface area contributed by atoms with Gasteiger partial charge in [0, 0.05) is 43.1 Å². The molecule has 1 unspecified atom stereocenters. The Bertz CT molecular complexity index is 1370. The number of nitrogens with one attached hydrogen (secondary N) is 1. The number of aromatic nitrogens is 4. The van der Waals surface area contributed by atoms with Crippen molar-refractivity contribution in [3.05, 3.63) is 53.9 Å². The van der Waals surface area contributed by atoms with Gasteiger partial charge in [0.2, 0.25) is 0 Å². The molecule has 8 heteroatoms. The molecule has 0 amide bonds. The fourth-order valence-electron chi connectivity index (χ4n) is 4.34. The molecule has 1 N–H and O–H groups in total. The standard InChI is InChI=1S/C25H24N6O2/c1-15-16(12-26)5-4-6-21(15)24-29-22(23-25(30-24)28-14-27-23)17-9-18(11-20(10-17)33-3)31-8-7-19(13-31)32-2/h4-6,9-11,14,19H,7-8,13H2,1-3H3,(H,27,28,29,30). The lowest BCUT2D eigenvalue weighted by molar-refractivity contribution is 0.121. The van der Waals surface area contributed by atoms with E-state index in [4.69, 9.17) is 14.5 Å². The SMILES string of the molecule is COc1cc(-c2nc(-c3cccc(C#N)c3C)nc3nc[nH]c23)cc(N2CCC(OC)C2)c1. The summed E-state index contributed by atoms with van der Waals surface area (Å²) in [6, 6.07) is 13.9. The van der Waals surface area contributed by atoms with Crippen molar-refractivity contribution in [2.24, 2.45) is 0 Å². The minimum absolute atomic E-state index is 0.222. The Morgan fingerprint density at radius 2 is 2.06 bits per heavy atom. The number of benzene rings is 2. The molecule has 3 heterocycles. The van der Waals surface area contributed by atoms with Gasteiger partial charge >= 0.3 is 0 Å². The third-order valence-electron chi connectivity index (χ3n) is 6.22. The second-order valence-corrected chi connectivity index (χ2v) is 8.10. The molecule has 0 aliphatic carbocycles. The van der Waals surface area contributed by atoms with Gasteiger partial charge in [-0.25, -0.2) is 15.0 Å². The normalized spacial score (nSPS) is 15.7. The van der Waals surface area contributed by atoms with Gasteiger partial charge in [0.25, 0.3) is 0 Å². The second kappa shape index (κ2) is 8.52. The van der Waals surface area contributed by atoms with E-state index in [-0.39, 0.29) is 6.10 Å². The van der Waals surface area contributed by atoms with E-state index in [0.717, 1.165) is 58.8 Å². The Morgan fingerprint density at radius 3 is 2.82 bits per heavy atom. The van der Waals surface area contributed by atoms with Crippen molar-refractivity contribution in [1.29, 1.82) is 5.26 Å². The van der Waals surface area contributed by atoms with Crippen molar-refractivity contribution in [3.8, 4) is 34.5 Å². The number of aromatic amines is 1. The second-order valence-electron chi connectivity index (χ2n) is 8.10. The Balaban J connectivity index is 1.67. The minimum Gasteiger partial charge on any atom is -0.497 e. The van der Waals surface area contributed by atoms with E-state index in [1.165, 1.54) is 0 Å². The van der Waals surface area contributed by atoms with Gasteiger partial charge < -0.3 is 19.4 Å². The maximum absolute atomic E-state index is 9.45. The van der Waals surface area contributed by atoms with Crippen LogP contribution in [0.2, 0.25) is 0 Å². The van der Waals surface area contributed by atoms with E-state index >= 15 is 0 Å². The van der Waals surface area contributed by atoms with Crippen LogP contribution >= 0.6 is 0 Å². The molecule has 1 aliphatic rings. The summed E-state index contributed by atoms with van der Waals surface area (Å²) in [6.45, 7) is 3.66. The molecule has 4 aromatic rings. The van der Waals surface area contributed by atoms with Gasteiger partial charge in [-0.1, -0.05) is 12.1 Å². The Morgan fingerprint density at radius 1 is 1.18 bits per heavy atom. The van der Waals surface area contributed by atoms with Crippen LogP contribution in [-0.2, 0) is 4.74 Å². The molecule has 0 bridgehead atoms. The summed E-state index contributed by atoms with van der Waals surface area (Å²) in [6.07, 6.45) is 2.83. The highest BCUT2D eigenvalue weighted by Crippen LogP contribution is 2.35. The zero-order chi connectivity index (χ0) is 22.9. The van der Waals surface area contributed by atoms with Crippen LogP contribution in [0.5, 0.6) is 5.75 Å². The summed E-state index contributed by atoms with van der Waals surface area (Å²) < 4.78 is 11.2. The fourth-order valence-corrected chi connectivity index (χ4v) is 4.34. The van der Waals surface area contributed by atoms with Gasteiger partial charge in [0.15, 0.2) is 11.5 Å². The number of fused-ring (bicyclic) bond motifs is 1. The lowest BCUT2D eigenvalue weighted by atomic mass is 10.0. The summed E-state index contributed by atoms with van der Waals surface area (Å²) in [5.41, 5.74) is 6.27. The molecular formula is C25H24N6O2. The first-order valence-electron chi connectivity index (χ1n) is 10.8. The first-order chi connectivity index (χ1) is 16.1. The Labute approximate surface area is 191 Å². The third kappa shape index (κ3) is 3.77. The van der Waals surface area contributed by atoms with Crippen molar-refractivity contribution >= 4 is 16.9 Å². The molecule has 2 aromatic carbocycles. The average molecular weight is 441 g/mol. The van der Waals surface area contributed by atoms with E-state index in [1.54, 1.807) is 26.6 Å². The number of nitrogens with zero attached hydrogens (tertiary/aromatic N) is 5. The highest BCUT2D eigenvalue weighted by atomic mass is 16.5. The lowest BCUT2D eigenvalue weighted by Gasteiger charge is -2.20. The van der Waals surface area contributed by atoms with Gasteiger partial charge in [-0.05, 0) is 37.1 Å². The maximum atomic E-state index is 9.45. The van der Waals surface area contributed by atoms with Crippen molar-refractivity contribution in [1.82, 2.24) is 19.9 Å². The van der Waals surface area contributed by atoms with E-state index in [1.807, 2.05) is 31.2 Å². The highest BCUT2D eigenvalue weighted by molar-refractivity contribution is 5.90. The van der Waals surface area contributed by atoms with Crippen molar-refractivity contribution in [2.45, 2.75) is 19.4 Å². The number of rotatable bonds is 5. The molecule has 1 atom stereocenters. The summed E-state index contributed by atoms with van der Waals surface area (Å²) in [5.74, 6) is 1.28. The molecule has 166 valence electrons. The van der Waals surface area contributed by atoms with Crippen LogP contribution in [-0.4, -0.2) is 53.3 Å². The number of anilines is 1. The van der Waals surface area contributed by atoms with Gasteiger partial charge in [-0.3, -0.25) is 0 Å². The topological polar surface area (TPSA) is 99.9 Å². The number of ether oxygens (including phenoxy) is 2. The maximum Gasteiger partial charge on any atom is 0.181 e. The van der Waals surface area contributed by atoms with Crippen LogP contribution in [0, 0.1) is 18.3 Å². The summed E-state index contributed by atoms with van der Waals surface area (Å²) in [5, 5.41) is 9.45. The fraction of sp³-hybridized carbons (Fsp3) is 0.280. The summed E-state index contributed by atoms with van der Waals surface area (Å²) in [7, 11) is 3.42. The smallest absolute Gasteiger partial charge is 0.181 e. The van der Waals surface area contributed by atoms with Crippen LogP contribution in [0.1, 0.15) is 17.5 Å². The Hall–Kier alpha value is -3.96. The lowest BCUT2D eigenvalue weighted by Crippen LogP contribution is -2.22. The largest absolute Gasteiger partial charge is 0.497 e. The molecule has 33 heavy (non-hydrogen) atoms. The van der Waals surface area contributed by atoms with Crippen LogP contribution in [0.15, 0.2) is 42.7 Å². The number of hydrogen-bond acceptors (Lipinski definition) is 7. The average Bonchev–Trinajstić information content (AvgIpc) is 3.53. The molecule has 0 spiro atoms. The number of H-pyrrole nitrogens is 1. The zero-order valence-corrected chi connectivity index (χ0v) is 18.8. The first-order valence-corrected chi connectivity index (χ1v) is 10.8. The molecule has 0 radical (unpaired) electrons. The number of imidazole rings is 1. The molecule has 8 nitrogen and oxygen atoms in total. The molecule has 2 aromatic heterocycles. The van der Waals surface area contributed by atoms with Gasteiger partial charge in [-0.2, -0.15) is 5.26 Å². The summed E-state index contributed by atoms with van der Waals surface area (Å²) >= 11 is 0. The van der Waals surface area contributed by atoms with Gasteiger partial charge in [0.1, 0.15) is 17.0 Å². The van der Waals surface area contributed by atoms with Gasteiger partial charge in [-0.15, -0.1) is 0 Å². The zero-order valence-electron chi connectivity index (χ0n) is 18.8. The van der Waals surface area contributed by atoms with E-state index in [9.17, 15) is 5.26 Å². The van der Waals surface area contributed by atoms with Gasteiger partial charge in [0.05, 0.1) is 31.2 Å². The number of nitriles is 1. The van der Waals surface area contributed by atoms with Crippen molar-refractivity contribution in [2.75, 3.05) is 32.2 Å². The van der Waals surface area contributed by atoms with Crippen molar-refractivity contribution in [3.63, 3.8) is 0 Å². The predicted molar refractivity (Wildman–Crippen MR) is 126 cm³/mol. The van der Waals surface area contributed by atoms with Crippen molar-refractivity contribution < 1.29 is 9.47 Å². The summed E-state index contributed by atoms with van der Waals surface area (Å²) in [4.78, 5) is 19.5. The quantitative estimate of drug-likeness (QED) is 0.499. The molecule has 1 aliphatic heterocycles. The monoisotopic (exact) mass is 440 g/mol. The molecule has 1 fully saturated rings. The van der Waals surface area contributed by atoms with Crippen LogP contribution in [0.3, 0.4) is 0 Å². The predicted octanol–water partition coefficient (Wildman–Crippen LogP) is 4.10. The Kier molecular flexibility index (Phi) is 5.40. The molecule has 1 saturated heterocycles. The van der Waals surface area contributed by atoms with E-state index < -0.39 is 0 Å². The van der Waals surface area contributed by atoms with Crippen LogP contribution in [0.25, 0.3) is 33.8 Å². The molecular weight excluding hydrogens is 416 g/mol. The van der Waals surface area contributed by atoms with Crippen LogP contribution in [0.4, 0.5) is 5.69 Å². The van der Waals surface area contributed by atoms with E-state index in [0.29, 0.717) is 17.0 Å². The number of methoxy groups -OCH3 is 2. The minimum atomic E-state index is 0.222.